The minimum Gasteiger partial charge on any atom is -0.497 e. The average Bonchev–Trinajstić information content (AvgIpc) is 3.06. The fraction of sp³-hybridized carbons (Fsp3) is 0.500. The van der Waals surface area contributed by atoms with E-state index in [9.17, 15) is 9.59 Å². The number of hydrogen-bond donors (Lipinski definition) is 0. The summed E-state index contributed by atoms with van der Waals surface area (Å²) in [7, 11) is 2.80. The maximum atomic E-state index is 13.2. The van der Waals surface area contributed by atoms with Crippen LogP contribution < -0.4 is 4.74 Å². The fourth-order valence-corrected chi connectivity index (χ4v) is 3.70. The van der Waals surface area contributed by atoms with E-state index >= 15 is 0 Å². The zero-order valence-electron chi connectivity index (χ0n) is 16.9. The van der Waals surface area contributed by atoms with Crippen LogP contribution in [0.2, 0.25) is 0 Å². The molecule has 1 aliphatic heterocycles. The summed E-state index contributed by atoms with van der Waals surface area (Å²) in [6.45, 7) is 7.19. The number of nitrogens with zero attached hydrogens (tertiary/aromatic N) is 4. The lowest BCUT2D eigenvalue weighted by atomic mass is 10.0. The molecule has 8 nitrogen and oxygen atoms in total. The van der Waals surface area contributed by atoms with E-state index in [1.807, 2.05) is 6.92 Å². The van der Waals surface area contributed by atoms with Gasteiger partial charge < -0.3 is 18.9 Å². The minimum absolute atomic E-state index is 0.119. The third-order valence-corrected chi connectivity index (χ3v) is 4.91. The van der Waals surface area contributed by atoms with Crippen LogP contribution in [0.3, 0.4) is 0 Å². The first-order chi connectivity index (χ1) is 13.3. The highest BCUT2D eigenvalue weighted by Crippen LogP contribution is 2.29. The first-order valence-electron chi connectivity index (χ1n) is 9.31. The van der Waals surface area contributed by atoms with E-state index < -0.39 is 5.97 Å². The molecule has 3 rings (SSSR count). The number of rotatable bonds is 5. The molecular formula is C20H26N4O4. The second-order valence-electron chi connectivity index (χ2n) is 7.44. The number of aryl methyl sites for hydroxylation is 1. The summed E-state index contributed by atoms with van der Waals surface area (Å²) in [5.74, 6) is 1.85. The Balaban J connectivity index is 1.93. The number of benzene rings is 1. The SMILES string of the molecule is COC(=O)c1cc(OC)cc(C(=O)N2Cc3nnc(C)n3[C@@H](CC(C)C)C2)c1. The minimum atomic E-state index is -0.514. The number of methoxy groups -OCH3 is 2. The highest BCUT2D eigenvalue weighted by Gasteiger charge is 2.31. The molecule has 0 fully saturated rings. The van der Waals surface area contributed by atoms with E-state index in [1.54, 1.807) is 23.1 Å². The molecule has 2 aromatic rings. The standard InChI is InChI=1S/C20H26N4O4/c1-12(2)6-16-10-23(11-18-22-21-13(3)24(16)18)19(25)14-7-15(20(26)28-5)9-17(8-14)27-4/h7-9,12,16H,6,10-11H2,1-5H3/t16-/m0/s1. The van der Waals surface area contributed by atoms with E-state index in [4.69, 9.17) is 9.47 Å². The van der Waals surface area contributed by atoms with Crippen molar-refractivity contribution in [2.45, 2.75) is 39.8 Å². The number of carbonyl (C=O) groups is 2. The van der Waals surface area contributed by atoms with E-state index in [2.05, 4.69) is 28.6 Å². The Hall–Kier alpha value is -2.90. The van der Waals surface area contributed by atoms with Crippen molar-refractivity contribution < 1.29 is 19.1 Å². The van der Waals surface area contributed by atoms with E-state index in [-0.39, 0.29) is 17.5 Å². The van der Waals surface area contributed by atoms with Crippen LogP contribution >= 0.6 is 0 Å². The predicted molar refractivity (Wildman–Crippen MR) is 102 cm³/mol. The molecule has 0 saturated heterocycles. The van der Waals surface area contributed by atoms with Crippen LogP contribution in [0.1, 0.15) is 58.7 Å². The van der Waals surface area contributed by atoms with Gasteiger partial charge in [-0.25, -0.2) is 4.79 Å². The van der Waals surface area contributed by atoms with Gasteiger partial charge in [0.05, 0.1) is 32.4 Å². The zero-order chi connectivity index (χ0) is 20.4. The van der Waals surface area contributed by atoms with Crippen LogP contribution in [0.15, 0.2) is 18.2 Å². The maximum absolute atomic E-state index is 13.2. The van der Waals surface area contributed by atoms with Crippen molar-refractivity contribution in [1.82, 2.24) is 19.7 Å². The van der Waals surface area contributed by atoms with Crippen LogP contribution in [-0.4, -0.2) is 52.3 Å². The Bertz CT molecular complexity index is 890. The third-order valence-electron chi connectivity index (χ3n) is 4.91. The molecule has 0 saturated carbocycles. The van der Waals surface area contributed by atoms with Crippen molar-refractivity contribution in [1.29, 1.82) is 0 Å². The van der Waals surface area contributed by atoms with Crippen molar-refractivity contribution in [3.05, 3.63) is 41.0 Å². The summed E-state index contributed by atoms with van der Waals surface area (Å²) in [4.78, 5) is 26.9. The van der Waals surface area contributed by atoms with Gasteiger partial charge in [-0.05, 0) is 37.5 Å². The van der Waals surface area contributed by atoms with Gasteiger partial charge in [0.2, 0.25) is 0 Å². The van der Waals surface area contributed by atoms with Crippen molar-refractivity contribution in [3.8, 4) is 5.75 Å². The highest BCUT2D eigenvalue weighted by molar-refractivity contribution is 5.98. The van der Waals surface area contributed by atoms with Gasteiger partial charge in [-0.2, -0.15) is 0 Å². The number of amides is 1. The number of hydrogen-bond acceptors (Lipinski definition) is 6. The summed E-state index contributed by atoms with van der Waals surface area (Å²) in [5.41, 5.74) is 0.660. The second-order valence-corrected chi connectivity index (χ2v) is 7.44. The van der Waals surface area contributed by atoms with Gasteiger partial charge in [0.25, 0.3) is 5.91 Å². The quantitative estimate of drug-likeness (QED) is 0.734. The molecule has 0 bridgehead atoms. The summed E-state index contributed by atoms with van der Waals surface area (Å²) >= 11 is 0. The van der Waals surface area contributed by atoms with Crippen molar-refractivity contribution in [2.75, 3.05) is 20.8 Å². The van der Waals surface area contributed by atoms with E-state index in [0.717, 1.165) is 18.1 Å². The molecular weight excluding hydrogens is 360 g/mol. The molecule has 0 unspecified atom stereocenters. The normalized spacial score (nSPS) is 16.1. The van der Waals surface area contributed by atoms with E-state index in [1.165, 1.54) is 14.2 Å². The molecule has 0 spiro atoms. The molecule has 2 heterocycles. The van der Waals surface area contributed by atoms with Gasteiger partial charge >= 0.3 is 5.97 Å². The predicted octanol–water partition coefficient (Wildman–Crippen LogP) is 2.62. The maximum Gasteiger partial charge on any atom is 0.338 e. The topological polar surface area (TPSA) is 86.6 Å². The molecule has 1 aromatic heterocycles. The smallest absolute Gasteiger partial charge is 0.338 e. The lowest BCUT2D eigenvalue weighted by Crippen LogP contribution is -2.42. The fourth-order valence-electron chi connectivity index (χ4n) is 3.70. The largest absolute Gasteiger partial charge is 0.497 e. The van der Waals surface area contributed by atoms with Gasteiger partial charge in [-0.1, -0.05) is 13.8 Å². The van der Waals surface area contributed by atoms with Crippen LogP contribution in [-0.2, 0) is 11.3 Å². The Kier molecular flexibility index (Phi) is 5.67. The first-order valence-corrected chi connectivity index (χ1v) is 9.31. The zero-order valence-corrected chi connectivity index (χ0v) is 16.9. The molecule has 1 aliphatic rings. The van der Waals surface area contributed by atoms with Crippen LogP contribution in [0.5, 0.6) is 5.75 Å². The van der Waals surface area contributed by atoms with Gasteiger partial charge in [0, 0.05) is 12.1 Å². The Labute approximate surface area is 164 Å². The van der Waals surface area contributed by atoms with E-state index in [0.29, 0.717) is 30.3 Å². The number of esters is 1. The van der Waals surface area contributed by atoms with Gasteiger partial charge in [0.1, 0.15) is 11.6 Å². The number of ether oxygens (including phenoxy) is 2. The lowest BCUT2D eigenvalue weighted by Gasteiger charge is -2.35. The molecule has 0 aliphatic carbocycles. The van der Waals surface area contributed by atoms with Crippen LogP contribution in [0.4, 0.5) is 0 Å². The molecule has 0 N–H and O–H groups in total. The molecule has 8 heteroatoms. The monoisotopic (exact) mass is 386 g/mol. The van der Waals surface area contributed by atoms with Crippen molar-refractivity contribution in [2.24, 2.45) is 5.92 Å². The first kappa shape index (κ1) is 19.9. The van der Waals surface area contributed by atoms with Gasteiger partial charge in [0.15, 0.2) is 5.82 Å². The van der Waals surface area contributed by atoms with Gasteiger partial charge in [-0.3, -0.25) is 4.79 Å². The molecule has 1 aromatic carbocycles. The summed E-state index contributed by atoms with van der Waals surface area (Å²) in [5, 5.41) is 8.45. The van der Waals surface area contributed by atoms with Crippen LogP contribution in [0, 0.1) is 12.8 Å². The van der Waals surface area contributed by atoms with Crippen molar-refractivity contribution >= 4 is 11.9 Å². The second kappa shape index (κ2) is 8.00. The number of fused-ring (bicyclic) bond motifs is 1. The number of carbonyl (C=O) groups excluding carboxylic acids is 2. The summed E-state index contributed by atoms with van der Waals surface area (Å²) in [6.07, 6.45) is 0.918. The average molecular weight is 386 g/mol. The Morgan fingerprint density at radius 3 is 2.54 bits per heavy atom. The Morgan fingerprint density at radius 1 is 1.18 bits per heavy atom. The lowest BCUT2D eigenvalue weighted by molar-refractivity contribution is 0.0600. The molecule has 150 valence electrons. The van der Waals surface area contributed by atoms with Crippen molar-refractivity contribution in [3.63, 3.8) is 0 Å². The van der Waals surface area contributed by atoms with Gasteiger partial charge in [-0.15, -0.1) is 10.2 Å². The Morgan fingerprint density at radius 2 is 1.89 bits per heavy atom. The molecule has 1 atom stereocenters. The molecule has 1 amide bonds. The van der Waals surface area contributed by atoms with Crippen LogP contribution in [0.25, 0.3) is 0 Å². The summed E-state index contributed by atoms with van der Waals surface area (Å²) in [6, 6.07) is 4.85. The third kappa shape index (κ3) is 3.85. The number of aromatic nitrogens is 3. The highest BCUT2D eigenvalue weighted by atomic mass is 16.5. The molecule has 28 heavy (non-hydrogen) atoms. The molecule has 0 radical (unpaired) electrons. The summed E-state index contributed by atoms with van der Waals surface area (Å²) < 4.78 is 12.2.